The van der Waals surface area contributed by atoms with Crippen LogP contribution >= 0.6 is 24.4 Å². The fraction of sp³-hybridized carbons (Fsp3) is 0.765. The Morgan fingerprint density at radius 1 is 1.00 bits per heavy atom. The van der Waals surface area contributed by atoms with E-state index in [0.29, 0.717) is 5.75 Å². The van der Waals surface area contributed by atoms with Crippen molar-refractivity contribution in [2.75, 3.05) is 24.4 Å². The van der Waals surface area contributed by atoms with Gasteiger partial charge in [-0.25, -0.2) is 4.79 Å². The molecule has 168 valence electrons. The summed E-state index contributed by atoms with van der Waals surface area (Å²) in [5, 5.41) is 25.9. The number of hydrogen-bond acceptors (Lipinski definition) is 8. The fourth-order valence-electron chi connectivity index (χ4n) is 2.30. The number of hydrogen-bond donors (Lipinski definition) is 7. The van der Waals surface area contributed by atoms with Gasteiger partial charge >= 0.3 is 5.97 Å². The van der Waals surface area contributed by atoms with E-state index >= 15 is 0 Å². The predicted octanol–water partition coefficient (Wildman–Crippen LogP) is -1.43. The van der Waals surface area contributed by atoms with Crippen LogP contribution in [0, 0.1) is 5.92 Å². The maximum atomic E-state index is 12.6. The summed E-state index contributed by atoms with van der Waals surface area (Å²) in [6.07, 6.45) is 2.31. The molecular weight excluding hydrogens is 420 g/mol. The van der Waals surface area contributed by atoms with Crippen LogP contribution in [0.15, 0.2) is 0 Å². The summed E-state index contributed by atoms with van der Waals surface area (Å²) in [7, 11) is 0. The molecular formula is C17H32N4O6S2. The third-order valence-corrected chi connectivity index (χ3v) is 4.95. The molecule has 0 aliphatic rings. The summed E-state index contributed by atoms with van der Waals surface area (Å²) in [6, 6.07) is -4.36. The van der Waals surface area contributed by atoms with Gasteiger partial charge in [-0.2, -0.15) is 24.4 Å². The lowest BCUT2D eigenvalue weighted by atomic mass is 10.0. The SMILES string of the molecule is CSCCC(NC(=O)C(N)CS)C(=O)NC(CO)C(=O)NC(CC(C)C)C(=O)O. The van der Waals surface area contributed by atoms with Crippen LogP contribution in [0.3, 0.4) is 0 Å². The Labute approximate surface area is 180 Å². The Kier molecular flexibility index (Phi) is 13.7. The molecule has 4 atom stereocenters. The largest absolute Gasteiger partial charge is 0.480 e. The highest BCUT2D eigenvalue weighted by Crippen LogP contribution is 2.06. The molecule has 0 aromatic carbocycles. The van der Waals surface area contributed by atoms with Crippen molar-refractivity contribution >= 4 is 48.1 Å². The molecule has 0 fully saturated rings. The fourth-order valence-corrected chi connectivity index (χ4v) is 2.94. The van der Waals surface area contributed by atoms with Gasteiger partial charge in [-0.15, -0.1) is 0 Å². The first-order valence-electron chi connectivity index (χ1n) is 9.17. The molecule has 0 radical (unpaired) electrons. The van der Waals surface area contributed by atoms with Gasteiger partial charge in [0.15, 0.2) is 0 Å². The number of carbonyl (C=O) groups is 4. The Morgan fingerprint density at radius 3 is 1.97 bits per heavy atom. The highest BCUT2D eigenvalue weighted by molar-refractivity contribution is 7.98. The van der Waals surface area contributed by atoms with Gasteiger partial charge in [0.05, 0.1) is 12.6 Å². The Morgan fingerprint density at radius 2 is 1.52 bits per heavy atom. The summed E-state index contributed by atoms with van der Waals surface area (Å²) in [5.41, 5.74) is 5.61. The molecule has 29 heavy (non-hydrogen) atoms. The first-order chi connectivity index (χ1) is 13.6. The average Bonchev–Trinajstić information content (AvgIpc) is 2.66. The van der Waals surface area contributed by atoms with E-state index in [-0.39, 0.29) is 24.5 Å². The van der Waals surface area contributed by atoms with E-state index in [2.05, 4.69) is 28.6 Å². The van der Waals surface area contributed by atoms with Crippen LogP contribution in [0.1, 0.15) is 26.7 Å². The van der Waals surface area contributed by atoms with E-state index in [0.717, 1.165) is 0 Å². The van der Waals surface area contributed by atoms with Crippen molar-refractivity contribution in [2.45, 2.75) is 50.9 Å². The molecule has 7 N–H and O–H groups in total. The number of rotatable bonds is 14. The van der Waals surface area contributed by atoms with E-state index < -0.39 is 54.5 Å². The van der Waals surface area contributed by atoms with Crippen molar-refractivity contribution in [1.29, 1.82) is 0 Å². The number of carboxylic acid groups (broad SMARTS) is 1. The molecule has 0 saturated heterocycles. The molecule has 0 bridgehead atoms. The quantitative estimate of drug-likeness (QED) is 0.157. The molecule has 0 aliphatic carbocycles. The van der Waals surface area contributed by atoms with Gasteiger partial charge in [-0.1, -0.05) is 13.8 Å². The van der Waals surface area contributed by atoms with Gasteiger partial charge < -0.3 is 31.9 Å². The lowest BCUT2D eigenvalue weighted by Crippen LogP contribution is -2.58. The van der Waals surface area contributed by atoms with Crippen LogP contribution in [0.4, 0.5) is 0 Å². The molecule has 0 aromatic rings. The second-order valence-corrected chi connectivity index (χ2v) is 8.26. The van der Waals surface area contributed by atoms with Crippen molar-refractivity contribution in [1.82, 2.24) is 16.0 Å². The van der Waals surface area contributed by atoms with E-state index in [1.807, 2.05) is 20.1 Å². The molecule has 0 aromatic heterocycles. The first-order valence-corrected chi connectivity index (χ1v) is 11.2. The first kappa shape index (κ1) is 27.5. The molecule has 10 nitrogen and oxygen atoms in total. The van der Waals surface area contributed by atoms with Crippen LogP contribution in [-0.2, 0) is 19.2 Å². The zero-order valence-corrected chi connectivity index (χ0v) is 18.6. The van der Waals surface area contributed by atoms with Crippen molar-refractivity contribution in [3.8, 4) is 0 Å². The minimum Gasteiger partial charge on any atom is -0.480 e. The monoisotopic (exact) mass is 452 g/mol. The maximum Gasteiger partial charge on any atom is 0.326 e. The van der Waals surface area contributed by atoms with Crippen molar-refractivity contribution in [3.63, 3.8) is 0 Å². The molecule has 0 saturated carbocycles. The minimum atomic E-state index is -1.36. The number of aliphatic hydroxyl groups excluding tert-OH is 1. The summed E-state index contributed by atoms with van der Waals surface area (Å²) in [4.78, 5) is 48.2. The van der Waals surface area contributed by atoms with E-state index in [4.69, 9.17) is 5.73 Å². The summed E-state index contributed by atoms with van der Waals surface area (Å²) >= 11 is 5.41. The number of amides is 3. The van der Waals surface area contributed by atoms with Crippen molar-refractivity contribution in [2.24, 2.45) is 11.7 Å². The lowest BCUT2D eigenvalue weighted by molar-refractivity contribution is -0.143. The Bertz CT molecular complexity index is 564. The average molecular weight is 453 g/mol. The van der Waals surface area contributed by atoms with E-state index in [1.165, 1.54) is 11.8 Å². The van der Waals surface area contributed by atoms with Gasteiger partial charge in [0, 0.05) is 5.75 Å². The number of thioether (sulfide) groups is 1. The van der Waals surface area contributed by atoms with E-state index in [9.17, 15) is 29.4 Å². The second-order valence-electron chi connectivity index (χ2n) is 6.90. The smallest absolute Gasteiger partial charge is 0.326 e. The van der Waals surface area contributed by atoms with Crippen molar-refractivity contribution < 1.29 is 29.4 Å². The molecule has 4 unspecified atom stereocenters. The van der Waals surface area contributed by atoms with Crippen LogP contribution in [0.25, 0.3) is 0 Å². The van der Waals surface area contributed by atoms with Crippen LogP contribution < -0.4 is 21.7 Å². The second kappa shape index (κ2) is 14.5. The third-order valence-electron chi connectivity index (χ3n) is 3.91. The molecule has 0 aliphatic heterocycles. The van der Waals surface area contributed by atoms with E-state index in [1.54, 1.807) is 0 Å². The van der Waals surface area contributed by atoms with Crippen LogP contribution in [0.2, 0.25) is 0 Å². The molecule has 0 heterocycles. The predicted molar refractivity (Wildman–Crippen MR) is 115 cm³/mol. The highest BCUT2D eigenvalue weighted by atomic mass is 32.2. The number of thiol groups is 1. The number of nitrogens with one attached hydrogen (secondary N) is 3. The van der Waals surface area contributed by atoms with Gasteiger partial charge in [-0.3, -0.25) is 14.4 Å². The third kappa shape index (κ3) is 10.7. The van der Waals surface area contributed by atoms with Crippen LogP contribution in [-0.4, -0.2) is 82.4 Å². The van der Waals surface area contributed by atoms with Gasteiger partial charge in [0.25, 0.3) is 0 Å². The molecule has 0 rings (SSSR count). The Balaban J connectivity index is 5.13. The highest BCUT2D eigenvalue weighted by Gasteiger charge is 2.29. The number of aliphatic hydroxyl groups is 1. The zero-order valence-electron chi connectivity index (χ0n) is 16.9. The number of carboxylic acids is 1. The summed E-state index contributed by atoms with van der Waals surface area (Å²) < 4.78 is 0. The van der Waals surface area contributed by atoms with Gasteiger partial charge in [-0.05, 0) is 30.8 Å². The summed E-state index contributed by atoms with van der Waals surface area (Å²) in [6.45, 7) is 2.88. The topological polar surface area (TPSA) is 171 Å². The molecule has 0 spiro atoms. The number of aliphatic carboxylic acids is 1. The normalized spacial score (nSPS) is 15.1. The summed E-state index contributed by atoms with van der Waals surface area (Å²) in [5.74, 6) is -2.60. The van der Waals surface area contributed by atoms with Crippen molar-refractivity contribution in [3.05, 3.63) is 0 Å². The van der Waals surface area contributed by atoms with Crippen LogP contribution in [0.5, 0.6) is 0 Å². The maximum absolute atomic E-state index is 12.6. The molecule has 3 amide bonds. The standard InChI is InChI=1S/C17H32N4O6S2/c1-9(2)6-12(17(26)27)20-16(25)13(7-22)21-15(24)11(4-5-29-3)19-14(23)10(18)8-28/h9-13,22,28H,4-8,18H2,1-3H3,(H,19,23)(H,20,25)(H,21,24)(H,26,27). The molecule has 12 heteroatoms. The minimum absolute atomic E-state index is 0.0146. The lowest BCUT2D eigenvalue weighted by Gasteiger charge is -2.24. The Hall–Kier alpha value is -1.50. The van der Waals surface area contributed by atoms with Gasteiger partial charge in [0.1, 0.15) is 18.1 Å². The number of carbonyl (C=O) groups excluding carboxylic acids is 3. The van der Waals surface area contributed by atoms with Gasteiger partial charge in [0.2, 0.25) is 17.7 Å². The number of nitrogens with two attached hydrogens (primary N) is 1. The zero-order chi connectivity index (χ0) is 22.6.